The molecule has 2 saturated heterocycles. The Kier molecular flexibility index (Phi) is 12.8. The van der Waals surface area contributed by atoms with Gasteiger partial charge in [0.2, 0.25) is 11.9 Å². The van der Waals surface area contributed by atoms with Gasteiger partial charge in [-0.1, -0.05) is 64.1 Å². The van der Waals surface area contributed by atoms with Crippen LogP contribution in [0, 0.1) is 11.8 Å². The molecular weight excluding hydrogens is 890 g/mol. The summed E-state index contributed by atoms with van der Waals surface area (Å²) < 4.78 is 43.8. The molecular formula is C53H59F3N14. The number of hydrogen-bond acceptors (Lipinski definition) is 12. The number of aryl methyl sites for hydroxylation is 2. The van der Waals surface area contributed by atoms with E-state index >= 15 is 0 Å². The molecule has 2 aliphatic heterocycles. The SMILES string of the molecule is CC(C)c1ccc(-c2ccc3c(NCC4CCN(c5nccn5C)CC4)nc(-c4ccccc4C(C)C)nc3n2)cc1-c1nc(NCC2CCN(c3nc(C(F)(F)F)cn3C)CC2)c2cccnc2n1. The minimum Gasteiger partial charge on any atom is -0.369 e. The van der Waals surface area contributed by atoms with E-state index in [0.717, 1.165) is 102 Å². The number of piperidine rings is 2. The predicted molar refractivity (Wildman–Crippen MR) is 271 cm³/mol. The van der Waals surface area contributed by atoms with Gasteiger partial charge in [-0.25, -0.2) is 39.9 Å². The molecule has 0 saturated carbocycles. The van der Waals surface area contributed by atoms with Gasteiger partial charge in [-0.05, 0) is 90.8 Å². The molecule has 17 heteroatoms. The highest BCUT2D eigenvalue weighted by atomic mass is 19.4. The monoisotopic (exact) mass is 948 g/mol. The quantitative estimate of drug-likeness (QED) is 0.114. The zero-order valence-electron chi connectivity index (χ0n) is 40.5. The van der Waals surface area contributed by atoms with Crippen LogP contribution in [-0.2, 0) is 20.3 Å². The van der Waals surface area contributed by atoms with Crippen LogP contribution in [-0.4, -0.2) is 88.3 Å². The van der Waals surface area contributed by atoms with E-state index in [9.17, 15) is 13.2 Å². The van der Waals surface area contributed by atoms with Gasteiger partial charge in [0.15, 0.2) is 28.6 Å². The Morgan fingerprint density at radius 3 is 1.84 bits per heavy atom. The maximum absolute atomic E-state index is 13.4. The van der Waals surface area contributed by atoms with Crippen molar-refractivity contribution < 1.29 is 13.2 Å². The standard InChI is InChI=1S/C53H59F3N14/c1-32(2)37-10-7-8-11-39(37)48-64-47(60-30-34-17-23-69(24-18-34)51-58-22-27-67(51)5)41-15-16-43(61-49(41)66-48)36-13-14-38(33(3)4)42(28-36)50-63-45-40(12-9-21-57-45)46(65-50)59-29-35-19-25-70(26-20-35)52-62-44(31-68(52)6)53(54,55)56/h7-16,21-22,27-28,31-35H,17-20,23-26,29-30H2,1-6H3,(H,57,59,63,65)(H,60,61,64,66). The number of rotatable bonds is 13. The molecule has 2 aromatic carbocycles. The fraction of sp³-hybridized carbons (Fsp3) is 0.396. The van der Waals surface area contributed by atoms with Gasteiger partial charge in [0.1, 0.15) is 11.6 Å². The minimum atomic E-state index is -4.49. The van der Waals surface area contributed by atoms with E-state index in [4.69, 9.17) is 24.9 Å². The molecule has 0 atom stereocenters. The van der Waals surface area contributed by atoms with Crippen molar-refractivity contribution in [2.45, 2.75) is 71.4 Å². The number of alkyl halides is 3. The average Bonchev–Trinajstić information content (AvgIpc) is 3.99. The molecule has 6 aromatic heterocycles. The van der Waals surface area contributed by atoms with E-state index in [1.54, 1.807) is 13.2 Å². The summed E-state index contributed by atoms with van der Waals surface area (Å²) in [5.41, 5.74) is 6.13. The number of hydrogen-bond donors (Lipinski definition) is 2. The molecule has 8 heterocycles. The fourth-order valence-electron chi connectivity index (χ4n) is 9.97. The van der Waals surface area contributed by atoms with Gasteiger partial charge < -0.3 is 29.6 Å². The third-order valence-corrected chi connectivity index (χ3v) is 13.9. The van der Waals surface area contributed by atoms with E-state index in [1.165, 1.54) is 10.1 Å². The molecule has 14 nitrogen and oxygen atoms in total. The number of imidazole rings is 2. The normalized spacial score (nSPS) is 15.2. The van der Waals surface area contributed by atoms with Crippen molar-refractivity contribution in [1.82, 2.24) is 49.0 Å². The zero-order chi connectivity index (χ0) is 48.7. The maximum Gasteiger partial charge on any atom is 0.434 e. The van der Waals surface area contributed by atoms with E-state index in [-0.39, 0.29) is 17.8 Å². The highest BCUT2D eigenvalue weighted by Crippen LogP contribution is 2.37. The molecule has 0 bridgehead atoms. The number of halogens is 3. The van der Waals surface area contributed by atoms with Crippen molar-refractivity contribution in [3.8, 4) is 34.0 Å². The van der Waals surface area contributed by atoms with Gasteiger partial charge in [-0.3, -0.25) is 0 Å². The third kappa shape index (κ3) is 9.57. The van der Waals surface area contributed by atoms with Crippen LogP contribution in [0.25, 0.3) is 56.1 Å². The van der Waals surface area contributed by atoms with E-state index in [1.807, 2.05) is 48.6 Å². The van der Waals surface area contributed by atoms with E-state index in [2.05, 4.69) is 105 Å². The fourth-order valence-corrected chi connectivity index (χ4v) is 9.97. The molecule has 70 heavy (non-hydrogen) atoms. The van der Waals surface area contributed by atoms with Crippen LogP contribution in [0.5, 0.6) is 0 Å². The first-order chi connectivity index (χ1) is 33.8. The Morgan fingerprint density at radius 1 is 0.600 bits per heavy atom. The number of aromatic nitrogens is 10. The van der Waals surface area contributed by atoms with Gasteiger partial charge in [0.05, 0.1) is 16.5 Å². The van der Waals surface area contributed by atoms with Crippen molar-refractivity contribution in [1.29, 1.82) is 0 Å². The molecule has 2 aliphatic rings. The third-order valence-electron chi connectivity index (χ3n) is 13.9. The van der Waals surface area contributed by atoms with Crippen molar-refractivity contribution in [3.63, 3.8) is 0 Å². The second-order valence-corrected chi connectivity index (χ2v) is 19.4. The Morgan fingerprint density at radius 2 is 1.21 bits per heavy atom. The second kappa shape index (κ2) is 19.3. The lowest BCUT2D eigenvalue weighted by molar-refractivity contribution is -0.140. The number of fused-ring (bicyclic) bond motifs is 2. The summed E-state index contributed by atoms with van der Waals surface area (Å²) in [5.74, 6) is 5.18. The van der Waals surface area contributed by atoms with Crippen LogP contribution in [0.1, 0.15) is 82.0 Å². The summed E-state index contributed by atoms with van der Waals surface area (Å²) in [7, 11) is 3.65. The summed E-state index contributed by atoms with van der Waals surface area (Å²) in [6, 6.07) is 22.7. The summed E-state index contributed by atoms with van der Waals surface area (Å²) >= 11 is 0. The zero-order valence-corrected chi connectivity index (χ0v) is 40.5. The van der Waals surface area contributed by atoms with Crippen molar-refractivity contribution in [2.24, 2.45) is 25.9 Å². The molecule has 0 aliphatic carbocycles. The molecule has 2 fully saturated rings. The number of anilines is 4. The van der Waals surface area contributed by atoms with E-state index < -0.39 is 11.9 Å². The molecule has 0 amide bonds. The smallest absolute Gasteiger partial charge is 0.369 e. The topological polar surface area (TPSA) is 144 Å². The van der Waals surface area contributed by atoms with Gasteiger partial charge in [0, 0.05) is 94.8 Å². The highest BCUT2D eigenvalue weighted by Gasteiger charge is 2.36. The first kappa shape index (κ1) is 46.6. The predicted octanol–water partition coefficient (Wildman–Crippen LogP) is 10.8. The lowest BCUT2D eigenvalue weighted by Gasteiger charge is -2.32. The number of nitrogens with one attached hydrogen (secondary N) is 2. The summed E-state index contributed by atoms with van der Waals surface area (Å²) in [6.07, 6.45) is 5.82. The Balaban J connectivity index is 0.936. The summed E-state index contributed by atoms with van der Waals surface area (Å²) in [6.45, 7) is 13.2. The number of nitrogens with zero attached hydrogens (tertiary/aromatic N) is 12. The van der Waals surface area contributed by atoms with Crippen LogP contribution >= 0.6 is 0 Å². The first-order valence-electron chi connectivity index (χ1n) is 24.4. The molecule has 2 N–H and O–H groups in total. The summed E-state index contributed by atoms with van der Waals surface area (Å²) in [5, 5.41) is 9.05. The Labute approximate surface area is 405 Å². The molecule has 0 spiro atoms. The molecule has 8 aromatic rings. The van der Waals surface area contributed by atoms with E-state index in [0.29, 0.717) is 60.3 Å². The van der Waals surface area contributed by atoms with Crippen molar-refractivity contribution in [3.05, 3.63) is 108 Å². The van der Waals surface area contributed by atoms with Gasteiger partial charge in [-0.2, -0.15) is 13.2 Å². The number of pyridine rings is 2. The molecule has 10 rings (SSSR count). The molecule has 0 radical (unpaired) electrons. The first-order valence-corrected chi connectivity index (χ1v) is 24.4. The van der Waals surface area contributed by atoms with Crippen molar-refractivity contribution >= 4 is 45.6 Å². The molecule has 0 unspecified atom stereocenters. The van der Waals surface area contributed by atoms with Gasteiger partial charge in [-0.15, -0.1) is 0 Å². The van der Waals surface area contributed by atoms with Gasteiger partial charge in [0.25, 0.3) is 0 Å². The van der Waals surface area contributed by atoms with Crippen LogP contribution < -0.4 is 20.4 Å². The van der Waals surface area contributed by atoms with Crippen LogP contribution in [0.4, 0.5) is 36.7 Å². The lowest BCUT2D eigenvalue weighted by Crippen LogP contribution is -2.37. The minimum absolute atomic E-state index is 0.163. The van der Waals surface area contributed by atoms with Crippen LogP contribution in [0.3, 0.4) is 0 Å². The lowest BCUT2D eigenvalue weighted by atomic mass is 9.93. The number of benzene rings is 2. The van der Waals surface area contributed by atoms with Crippen LogP contribution in [0.2, 0.25) is 0 Å². The maximum atomic E-state index is 13.4. The largest absolute Gasteiger partial charge is 0.434 e. The average molecular weight is 949 g/mol. The van der Waals surface area contributed by atoms with Gasteiger partial charge >= 0.3 is 6.18 Å². The second-order valence-electron chi connectivity index (χ2n) is 19.4. The van der Waals surface area contributed by atoms with Crippen LogP contribution in [0.15, 0.2) is 91.5 Å². The van der Waals surface area contributed by atoms with Crippen molar-refractivity contribution in [2.75, 3.05) is 59.7 Å². The highest BCUT2D eigenvalue weighted by molar-refractivity contribution is 5.91. The Hall–Kier alpha value is -7.17. The summed E-state index contributed by atoms with van der Waals surface area (Å²) in [4.78, 5) is 43.4. The Bertz CT molecular complexity index is 3140. The molecule has 362 valence electrons.